The number of nitrogens with one attached hydrogen (secondary N) is 1. The van der Waals surface area contributed by atoms with Crippen molar-refractivity contribution < 1.29 is 5.11 Å². The van der Waals surface area contributed by atoms with Crippen LogP contribution in [0.15, 0.2) is 18.7 Å². The lowest BCUT2D eigenvalue weighted by Crippen LogP contribution is -2.28. The predicted octanol–water partition coefficient (Wildman–Crippen LogP) is 0.262. The average molecular weight is 179 g/mol. The first-order valence-electron chi connectivity index (χ1n) is 4.54. The van der Waals surface area contributed by atoms with Crippen molar-refractivity contribution in [2.45, 2.75) is 25.0 Å². The van der Waals surface area contributed by atoms with Gasteiger partial charge in [-0.05, 0) is 19.4 Å². The molecule has 1 unspecified atom stereocenters. The molecule has 1 aliphatic heterocycles. The zero-order chi connectivity index (χ0) is 9.10. The number of hydrogen-bond donors (Lipinski definition) is 2. The maximum atomic E-state index is 9.88. The molecule has 0 radical (unpaired) electrons. The van der Waals surface area contributed by atoms with Crippen LogP contribution < -0.4 is 5.32 Å². The summed E-state index contributed by atoms with van der Waals surface area (Å²) in [5.74, 6) is 0. The second-order valence-electron chi connectivity index (χ2n) is 3.32. The molecule has 1 aromatic heterocycles. The van der Waals surface area contributed by atoms with Crippen LogP contribution in [-0.2, 0) is 0 Å². The molecule has 1 aromatic rings. The van der Waals surface area contributed by atoms with Crippen LogP contribution in [0.2, 0.25) is 0 Å². The predicted molar refractivity (Wildman–Crippen MR) is 48.0 cm³/mol. The molecular formula is C9H13N3O. The Morgan fingerprint density at radius 1 is 1.46 bits per heavy atom. The lowest BCUT2D eigenvalue weighted by atomic mass is 10.0. The van der Waals surface area contributed by atoms with Crippen LogP contribution in [0.1, 0.15) is 24.5 Å². The molecule has 4 nitrogen and oxygen atoms in total. The van der Waals surface area contributed by atoms with E-state index in [1.165, 1.54) is 6.33 Å². The van der Waals surface area contributed by atoms with Crippen molar-refractivity contribution in [1.82, 2.24) is 15.3 Å². The minimum atomic E-state index is -0.469. The van der Waals surface area contributed by atoms with Gasteiger partial charge in [-0.15, -0.1) is 0 Å². The number of aliphatic hydroxyl groups excluding tert-OH is 1. The molecule has 4 heteroatoms. The average Bonchev–Trinajstić information content (AvgIpc) is 2.71. The molecule has 2 heterocycles. The van der Waals surface area contributed by atoms with Gasteiger partial charge >= 0.3 is 0 Å². The van der Waals surface area contributed by atoms with Crippen LogP contribution in [0.25, 0.3) is 0 Å². The Balaban J connectivity index is 2.08. The van der Waals surface area contributed by atoms with Gasteiger partial charge in [-0.25, -0.2) is 9.97 Å². The van der Waals surface area contributed by atoms with Crippen molar-refractivity contribution in [2.24, 2.45) is 0 Å². The summed E-state index contributed by atoms with van der Waals surface area (Å²) in [7, 11) is 0. The van der Waals surface area contributed by atoms with Crippen molar-refractivity contribution in [3.05, 3.63) is 24.3 Å². The highest BCUT2D eigenvalue weighted by Crippen LogP contribution is 2.21. The molecule has 1 aliphatic rings. The van der Waals surface area contributed by atoms with E-state index in [1.807, 2.05) is 0 Å². The molecule has 0 spiro atoms. The summed E-state index contributed by atoms with van der Waals surface area (Å²) < 4.78 is 0. The molecule has 1 saturated heterocycles. The third-order valence-electron chi connectivity index (χ3n) is 2.40. The fourth-order valence-corrected chi connectivity index (χ4v) is 1.68. The summed E-state index contributed by atoms with van der Waals surface area (Å²) in [6.07, 6.45) is 6.49. The molecule has 13 heavy (non-hydrogen) atoms. The van der Waals surface area contributed by atoms with E-state index in [0.717, 1.165) is 24.9 Å². The van der Waals surface area contributed by atoms with E-state index >= 15 is 0 Å². The normalized spacial score (nSPS) is 24.5. The molecule has 0 saturated carbocycles. The first kappa shape index (κ1) is 8.59. The number of aliphatic hydroxyl groups is 1. The number of nitrogens with zero attached hydrogens (tertiary/aromatic N) is 2. The summed E-state index contributed by atoms with van der Waals surface area (Å²) >= 11 is 0. The monoisotopic (exact) mass is 179 g/mol. The Hall–Kier alpha value is -1.00. The lowest BCUT2D eigenvalue weighted by Gasteiger charge is -2.17. The molecule has 2 N–H and O–H groups in total. The Morgan fingerprint density at radius 3 is 2.85 bits per heavy atom. The number of aromatic nitrogens is 2. The second kappa shape index (κ2) is 3.81. The number of hydrogen-bond acceptors (Lipinski definition) is 4. The van der Waals surface area contributed by atoms with E-state index in [1.54, 1.807) is 12.4 Å². The summed E-state index contributed by atoms with van der Waals surface area (Å²) in [6, 6.07) is 0.172. The van der Waals surface area contributed by atoms with Gasteiger partial charge in [-0.1, -0.05) is 0 Å². The second-order valence-corrected chi connectivity index (χ2v) is 3.32. The highest BCUT2D eigenvalue weighted by atomic mass is 16.3. The van der Waals surface area contributed by atoms with Crippen molar-refractivity contribution >= 4 is 0 Å². The van der Waals surface area contributed by atoms with Gasteiger partial charge in [0.15, 0.2) is 0 Å². The van der Waals surface area contributed by atoms with E-state index in [2.05, 4.69) is 15.3 Å². The van der Waals surface area contributed by atoms with Gasteiger partial charge < -0.3 is 10.4 Å². The maximum absolute atomic E-state index is 9.88. The first-order valence-corrected chi connectivity index (χ1v) is 4.54. The van der Waals surface area contributed by atoms with Gasteiger partial charge in [-0.2, -0.15) is 0 Å². The zero-order valence-corrected chi connectivity index (χ0v) is 7.35. The van der Waals surface area contributed by atoms with Crippen molar-refractivity contribution in [3.8, 4) is 0 Å². The number of rotatable bonds is 2. The van der Waals surface area contributed by atoms with Crippen LogP contribution in [-0.4, -0.2) is 27.7 Å². The Morgan fingerprint density at radius 2 is 2.23 bits per heavy atom. The highest BCUT2D eigenvalue weighted by Gasteiger charge is 2.23. The topological polar surface area (TPSA) is 58.0 Å². The smallest absolute Gasteiger partial charge is 0.115 e. The Labute approximate surface area is 77.0 Å². The third kappa shape index (κ3) is 1.84. The van der Waals surface area contributed by atoms with Crippen molar-refractivity contribution in [1.29, 1.82) is 0 Å². The molecule has 0 amide bonds. The minimum absolute atomic E-state index is 0.172. The fraction of sp³-hybridized carbons (Fsp3) is 0.556. The van der Waals surface area contributed by atoms with Gasteiger partial charge in [0.2, 0.25) is 0 Å². The summed E-state index contributed by atoms with van der Waals surface area (Å²) in [6.45, 7) is 0.995. The standard InChI is InChI=1S/C9H13N3O/c13-9(8-2-1-3-12-8)7-4-10-6-11-5-7/h4-6,8-9,12-13H,1-3H2/t8-,9?/m1/s1. The van der Waals surface area contributed by atoms with Gasteiger partial charge in [0, 0.05) is 24.0 Å². The molecular weight excluding hydrogens is 166 g/mol. The highest BCUT2D eigenvalue weighted by molar-refractivity contribution is 5.10. The summed E-state index contributed by atoms with van der Waals surface area (Å²) in [5, 5.41) is 13.1. The van der Waals surface area contributed by atoms with Gasteiger partial charge in [0.25, 0.3) is 0 Å². The van der Waals surface area contributed by atoms with E-state index in [-0.39, 0.29) is 6.04 Å². The van der Waals surface area contributed by atoms with E-state index < -0.39 is 6.10 Å². The van der Waals surface area contributed by atoms with Crippen LogP contribution in [0.4, 0.5) is 0 Å². The van der Waals surface area contributed by atoms with Gasteiger partial charge in [0.05, 0.1) is 6.10 Å². The summed E-state index contributed by atoms with van der Waals surface area (Å²) in [4.78, 5) is 7.76. The molecule has 1 fully saturated rings. The molecule has 2 atom stereocenters. The molecule has 70 valence electrons. The SMILES string of the molecule is OC(c1cncnc1)[C@H]1CCCN1. The van der Waals surface area contributed by atoms with E-state index in [4.69, 9.17) is 0 Å². The van der Waals surface area contributed by atoms with Crippen molar-refractivity contribution in [2.75, 3.05) is 6.54 Å². The maximum Gasteiger partial charge on any atom is 0.115 e. The van der Waals surface area contributed by atoms with Crippen molar-refractivity contribution in [3.63, 3.8) is 0 Å². The van der Waals surface area contributed by atoms with Crippen LogP contribution in [0.3, 0.4) is 0 Å². The molecule has 0 bridgehead atoms. The quantitative estimate of drug-likeness (QED) is 0.684. The Bertz CT molecular complexity index is 259. The molecule has 2 rings (SSSR count). The molecule has 0 aliphatic carbocycles. The largest absolute Gasteiger partial charge is 0.387 e. The first-order chi connectivity index (χ1) is 6.38. The molecule has 0 aromatic carbocycles. The minimum Gasteiger partial charge on any atom is -0.387 e. The lowest BCUT2D eigenvalue weighted by molar-refractivity contribution is 0.136. The zero-order valence-electron chi connectivity index (χ0n) is 7.35. The summed E-state index contributed by atoms with van der Waals surface area (Å²) in [5.41, 5.74) is 0.793. The van der Waals surface area contributed by atoms with Crippen LogP contribution >= 0.6 is 0 Å². The van der Waals surface area contributed by atoms with Gasteiger partial charge in [-0.3, -0.25) is 0 Å². The fourth-order valence-electron chi connectivity index (χ4n) is 1.68. The Kier molecular flexibility index (Phi) is 2.52. The van der Waals surface area contributed by atoms with Gasteiger partial charge in [0.1, 0.15) is 6.33 Å². The van der Waals surface area contributed by atoms with Crippen LogP contribution in [0.5, 0.6) is 0 Å². The van der Waals surface area contributed by atoms with E-state index in [9.17, 15) is 5.11 Å². The van der Waals surface area contributed by atoms with E-state index in [0.29, 0.717) is 0 Å². The third-order valence-corrected chi connectivity index (χ3v) is 2.40. The van der Waals surface area contributed by atoms with Crippen LogP contribution in [0, 0.1) is 0 Å².